The summed E-state index contributed by atoms with van der Waals surface area (Å²) in [6.07, 6.45) is 9.80. The molecule has 0 unspecified atom stereocenters. The van der Waals surface area contributed by atoms with Crippen LogP contribution >= 0.6 is 0 Å². The number of rotatable bonds is 5. The van der Waals surface area contributed by atoms with Crippen LogP contribution in [0.5, 0.6) is 0 Å². The van der Waals surface area contributed by atoms with Crippen LogP contribution in [0.1, 0.15) is 51.0 Å². The van der Waals surface area contributed by atoms with Gasteiger partial charge < -0.3 is 9.80 Å². The Morgan fingerprint density at radius 2 is 2.20 bits per heavy atom. The lowest BCUT2D eigenvalue weighted by Crippen LogP contribution is -2.55. The van der Waals surface area contributed by atoms with Crippen LogP contribution in [-0.2, 0) is 16.0 Å². The van der Waals surface area contributed by atoms with E-state index in [2.05, 4.69) is 11.9 Å². The number of aromatic nitrogens is 1. The van der Waals surface area contributed by atoms with E-state index in [1.54, 1.807) is 12.4 Å². The molecule has 2 amide bonds. The number of carbonyl (C=O) groups is 2. The average Bonchev–Trinajstić information content (AvgIpc) is 2.64. The lowest BCUT2D eigenvalue weighted by atomic mass is 9.73. The van der Waals surface area contributed by atoms with E-state index in [9.17, 15) is 9.59 Å². The van der Waals surface area contributed by atoms with E-state index in [1.165, 1.54) is 0 Å². The van der Waals surface area contributed by atoms with Gasteiger partial charge in [0.1, 0.15) is 0 Å². The van der Waals surface area contributed by atoms with E-state index in [-0.39, 0.29) is 17.2 Å². The summed E-state index contributed by atoms with van der Waals surface area (Å²) in [5.74, 6) is 0.474. The Bertz CT molecular complexity index is 604. The smallest absolute Gasteiger partial charge is 0.227 e. The van der Waals surface area contributed by atoms with Crippen LogP contribution in [-0.4, -0.2) is 52.8 Å². The zero-order valence-corrected chi connectivity index (χ0v) is 15.2. The fourth-order valence-electron chi connectivity index (χ4n) is 4.20. The first-order chi connectivity index (χ1) is 12.1. The zero-order valence-electron chi connectivity index (χ0n) is 15.2. The normalized spacial score (nSPS) is 24.0. The molecule has 5 nitrogen and oxygen atoms in total. The molecule has 0 radical (unpaired) electrons. The standard InChI is InChI=1S/C20H29N3O2/c1-2-3-11-22-15-20(9-7-18(22)24)8-5-12-23(16-20)19(25)13-17-6-4-10-21-14-17/h4,6,10,14H,2-3,5,7-9,11-13,15-16H2,1H3/t20-/m1/s1. The predicted molar refractivity (Wildman–Crippen MR) is 96.9 cm³/mol. The molecule has 1 aromatic heterocycles. The lowest BCUT2D eigenvalue weighted by molar-refractivity contribution is -0.142. The van der Waals surface area contributed by atoms with Gasteiger partial charge in [0, 0.05) is 50.4 Å². The maximum Gasteiger partial charge on any atom is 0.227 e. The Hall–Kier alpha value is -1.91. The molecule has 0 saturated carbocycles. The molecule has 0 N–H and O–H groups in total. The molecule has 0 aromatic carbocycles. The number of unbranched alkanes of at least 4 members (excludes halogenated alkanes) is 1. The number of hydrogen-bond acceptors (Lipinski definition) is 3. The molecule has 3 rings (SSSR count). The van der Waals surface area contributed by atoms with Gasteiger partial charge in [0.15, 0.2) is 0 Å². The van der Waals surface area contributed by atoms with Crippen LogP contribution in [0, 0.1) is 5.41 Å². The number of amides is 2. The first-order valence-electron chi connectivity index (χ1n) is 9.56. The van der Waals surface area contributed by atoms with E-state index in [1.807, 2.05) is 21.9 Å². The highest BCUT2D eigenvalue weighted by Crippen LogP contribution is 2.39. The molecule has 2 fully saturated rings. The fraction of sp³-hybridized carbons (Fsp3) is 0.650. The van der Waals surface area contributed by atoms with Gasteiger partial charge in [-0.1, -0.05) is 19.4 Å². The van der Waals surface area contributed by atoms with Crippen molar-refractivity contribution in [1.82, 2.24) is 14.8 Å². The van der Waals surface area contributed by atoms with Crippen molar-refractivity contribution in [2.45, 2.75) is 51.9 Å². The topological polar surface area (TPSA) is 53.5 Å². The van der Waals surface area contributed by atoms with E-state index >= 15 is 0 Å². The molecular formula is C20H29N3O2. The van der Waals surface area contributed by atoms with Crippen molar-refractivity contribution in [3.63, 3.8) is 0 Å². The molecule has 2 saturated heterocycles. The Morgan fingerprint density at radius 3 is 2.96 bits per heavy atom. The Balaban J connectivity index is 1.63. The van der Waals surface area contributed by atoms with Gasteiger partial charge >= 0.3 is 0 Å². The summed E-state index contributed by atoms with van der Waals surface area (Å²) >= 11 is 0. The summed E-state index contributed by atoms with van der Waals surface area (Å²) in [7, 11) is 0. The monoisotopic (exact) mass is 343 g/mol. The van der Waals surface area contributed by atoms with Gasteiger partial charge in [-0.05, 0) is 37.3 Å². The van der Waals surface area contributed by atoms with Gasteiger partial charge in [-0.3, -0.25) is 14.6 Å². The fourth-order valence-corrected chi connectivity index (χ4v) is 4.20. The van der Waals surface area contributed by atoms with E-state index in [0.717, 1.165) is 63.8 Å². The first-order valence-corrected chi connectivity index (χ1v) is 9.56. The summed E-state index contributed by atoms with van der Waals surface area (Å²) in [5, 5.41) is 0. The third-order valence-electron chi connectivity index (χ3n) is 5.62. The van der Waals surface area contributed by atoms with Gasteiger partial charge in [0.2, 0.25) is 11.8 Å². The minimum absolute atomic E-state index is 0.102. The van der Waals surface area contributed by atoms with Gasteiger partial charge in [0.25, 0.3) is 0 Å². The number of hydrogen-bond donors (Lipinski definition) is 0. The average molecular weight is 343 g/mol. The van der Waals surface area contributed by atoms with Gasteiger partial charge in [-0.25, -0.2) is 0 Å². The third kappa shape index (κ3) is 4.39. The van der Waals surface area contributed by atoms with Gasteiger partial charge in [-0.15, -0.1) is 0 Å². The molecule has 0 aliphatic carbocycles. The van der Waals surface area contributed by atoms with Crippen LogP contribution in [0.15, 0.2) is 24.5 Å². The SMILES string of the molecule is CCCCN1C[C@@]2(CCCN(C(=O)Cc3cccnc3)C2)CCC1=O. The minimum Gasteiger partial charge on any atom is -0.342 e. The van der Waals surface area contributed by atoms with Crippen LogP contribution in [0.2, 0.25) is 0 Å². The van der Waals surface area contributed by atoms with E-state index < -0.39 is 0 Å². The van der Waals surface area contributed by atoms with Crippen molar-refractivity contribution in [1.29, 1.82) is 0 Å². The van der Waals surface area contributed by atoms with Crippen LogP contribution in [0.4, 0.5) is 0 Å². The van der Waals surface area contributed by atoms with Crippen LogP contribution < -0.4 is 0 Å². The Labute approximate surface area is 150 Å². The van der Waals surface area contributed by atoms with Crippen LogP contribution in [0.3, 0.4) is 0 Å². The second-order valence-corrected chi connectivity index (χ2v) is 7.63. The second-order valence-electron chi connectivity index (χ2n) is 7.63. The summed E-state index contributed by atoms with van der Waals surface area (Å²) in [4.78, 5) is 33.1. The molecule has 3 heterocycles. The lowest BCUT2D eigenvalue weighted by Gasteiger charge is -2.48. The Morgan fingerprint density at radius 1 is 1.32 bits per heavy atom. The largest absolute Gasteiger partial charge is 0.342 e. The highest BCUT2D eigenvalue weighted by molar-refractivity contribution is 5.79. The quantitative estimate of drug-likeness (QED) is 0.826. The molecular weight excluding hydrogens is 314 g/mol. The minimum atomic E-state index is 0.102. The van der Waals surface area contributed by atoms with E-state index in [0.29, 0.717) is 12.8 Å². The molecule has 136 valence electrons. The Kier molecular flexibility index (Phi) is 5.71. The maximum absolute atomic E-state index is 12.7. The molecule has 1 spiro atoms. The van der Waals surface area contributed by atoms with Crippen LogP contribution in [0.25, 0.3) is 0 Å². The molecule has 2 aliphatic heterocycles. The van der Waals surface area contributed by atoms with Crippen molar-refractivity contribution in [3.8, 4) is 0 Å². The first kappa shape index (κ1) is 17.9. The highest BCUT2D eigenvalue weighted by atomic mass is 16.2. The van der Waals surface area contributed by atoms with Crippen molar-refractivity contribution in [2.75, 3.05) is 26.2 Å². The third-order valence-corrected chi connectivity index (χ3v) is 5.62. The molecule has 1 aromatic rings. The number of likely N-dealkylation sites (tertiary alicyclic amines) is 2. The molecule has 2 aliphatic rings. The second kappa shape index (κ2) is 7.98. The predicted octanol–water partition coefficient (Wildman–Crippen LogP) is 2.66. The maximum atomic E-state index is 12.7. The van der Waals surface area contributed by atoms with Crippen molar-refractivity contribution < 1.29 is 9.59 Å². The molecule has 5 heteroatoms. The van der Waals surface area contributed by atoms with Crippen molar-refractivity contribution in [2.24, 2.45) is 5.41 Å². The summed E-state index contributed by atoms with van der Waals surface area (Å²) in [5.41, 5.74) is 1.07. The molecule has 1 atom stereocenters. The highest BCUT2D eigenvalue weighted by Gasteiger charge is 2.42. The van der Waals surface area contributed by atoms with Gasteiger partial charge in [-0.2, -0.15) is 0 Å². The summed E-state index contributed by atoms with van der Waals surface area (Å²) < 4.78 is 0. The van der Waals surface area contributed by atoms with E-state index in [4.69, 9.17) is 0 Å². The molecule has 25 heavy (non-hydrogen) atoms. The number of pyridine rings is 1. The summed E-state index contributed by atoms with van der Waals surface area (Å²) in [6.45, 7) is 5.47. The summed E-state index contributed by atoms with van der Waals surface area (Å²) in [6, 6.07) is 3.83. The van der Waals surface area contributed by atoms with Crippen molar-refractivity contribution in [3.05, 3.63) is 30.1 Å². The number of piperidine rings is 2. The number of nitrogens with zero attached hydrogens (tertiary/aromatic N) is 3. The molecule has 0 bridgehead atoms. The van der Waals surface area contributed by atoms with Crippen molar-refractivity contribution >= 4 is 11.8 Å². The zero-order chi connectivity index (χ0) is 17.7. The van der Waals surface area contributed by atoms with Gasteiger partial charge in [0.05, 0.1) is 6.42 Å². The number of carbonyl (C=O) groups excluding carboxylic acids is 2.